The van der Waals surface area contributed by atoms with Gasteiger partial charge in [0.1, 0.15) is 0 Å². The predicted octanol–water partition coefficient (Wildman–Crippen LogP) is 1.95. The largest absolute Gasteiger partial charge is 0.393 e. The number of thiocarbonyl (C=S) groups is 1. The Kier molecular flexibility index (Phi) is 5.80. The van der Waals surface area contributed by atoms with E-state index in [-0.39, 0.29) is 11.3 Å². The molecule has 0 fully saturated rings. The summed E-state index contributed by atoms with van der Waals surface area (Å²) in [5, 5.41) is 0. The summed E-state index contributed by atoms with van der Waals surface area (Å²) < 4.78 is 0. The quantitative estimate of drug-likeness (QED) is 0.734. The third kappa shape index (κ3) is 5.72. The lowest BCUT2D eigenvalue weighted by atomic mass is 9.94. The normalized spacial score (nSPS) is 11.2. The van der Waals surface area contributed by atoms with Crippen LogP contribution in [0.5, 0.6) is 0 Å². The van der Waals surface area contributed by atoms with E-state index in [9.17, 15) is 4.79 Å². The van der Waals surface area contributed by atoms with E-state index in [1.165, 1.54) is 0 Å². The van der Waals surface area contributed by atoms with Crippen molar-refractivity contribution in [1.29, 1.82) is 0 Å². The first-order valence-electron chi connectivity index (χ1n) is 5.36. The molecule has 0 saturated carbocycles. The molecule has 0 bridgehead atoms. The van der Waals surface area contributed by atoms with E-state index in [2.05, 4.69) is 6.92 Å². The Morgan fingerprint density at radius 2 is 1.87 bits per heavy atom. The van der Waals surface area contributed by atoms with Crippen LogP contribution in [-0.4, -0.2) is 28.9 Å². The molecule has 0 aromatic carbocycles. The van der Waals surface area contributed by atoms with Crippen molar-refractivity contribution in [3.05, 3.63) is 0 Å². The first kappa shape index (κ1) is 14.4. The molecule has 1 amide bonds. The van der Waals surface area contributed by atoms with Gasteiger partial charge in [0, 0.05) is 24.9 Å². The van der Waals surface area contributed by atoms with Gasteiger partial charge in [0.25, 0.3) is 0 Å². The lowest BCUT2D eigenvalue weighted by Crippen LogP contribution is -2.41. The van der Waals surface area contributed by atoms with Crippen LogP contribution in [0.4, 0.5) is 0 Å². The van der Waals surface area contributed by atoms with Crippen LogP contribution in [-0.2, 0) is 4.79 Å². The molecular formula is C11H22N2OS. The van der Waals surface area contributed by atoms with Gasteiger partial charge in [-0.3, -0.25) is 4.79 Å². The summed E-state index contributed by atoms with van der Waals surface area (Å²) in [7, 11) is 0. The van der Waals surface area contributed by atoms with Crippen molar-refractivity contribution in [3.63, 3.8) is 0 Å². The van der Waals surface area contributed by atoms with Crippen molar-refractivity contribution in [3.8, 4) is 0 Å². The molecule has 0 rings (SSSR count). The second-order valence-corrected chi connectivity index (χ2v) is 5.28. The molecule has 2 N–H and O–H groups in total. The molecule has 0 aromatic rings. The number of nitrogens with two attached hydrogens (primary N) is 1. The second-order valence-electron chi connectivity index (χ2n) is 4.76. The highest BCUT2D eigenvalue weighted by molar-refractivity contribution is 7.80. The molecule has 0 saturated heterocycles. The Bertz CT molecular complexity index is 233. The number of hydrogen-bond donors (Lipinski definition) is 1. The first-order valence-corrected chi connectivity index (χ1v) is 5.77. The van der Waals surface area contributed by atoms with E-state index in [1.54, 1.807) is 0 Å². The van der Waals surface area contributed by atoms with Crippen LogP contribution in [0.15, 0.2) is 0 Å². The molecule has 0 aliphatic rings. The van der Waals surface area contributed by atoms with Crippen LogP contribution >= 0.6 is 12.2 Å². The minimum atomic E-state index is -0.328. The van der Waals surface area contributed by atoms with Crippen LogP contribution in [0.3, 0.4) is 0 Å². The van der Waals surface area contributed by atoms with Crippen LogP contribution in [0.25, 0.3) is 0 Å². The lowest BCUT2D eigenvalue weighted by molar-refractivity contribution is -0.139. The van der Waals surface area contributed by atoms with Crippen LogP contribution in [0.2, 0.25) is 0 Å². The Hall–Kier alpha value is -0.640. The fraction of sp³-hybridized carbons (Fsp3) is 0.818. The smallest absolute Gasteiger partial charge is 0.227 e. The van der Waals surface area contributed by atoms with Gasteiger partial charge in [0.05, 0.1) is 4.99 Å². The fourth-order valence-electron chi connectivity index (χ4n) is 1.30. The SMILES string of the molecule is CCCN(CCC(N)=S)C(=O)C(C)(C)C. The van der Waals surface area contributed by atoms with Crippen LogP contribution < -0.4 is 5.73 Å². The highest BCUT2D eigenvalue weighted by atomic mass is 32.1. The average Bonchev–Trinajstić information content (AvgIpc) is 2.09. The van der Waals surface area contributed by atoms with Crippen molar-refractivity contribution in [2.45, 2.75) is 40.5 Å². The minimum Gasteiger partial charge on any atom is -0.393 e. The summed E-state index contributed by atoms with van der Waals surface area (Å²) in [5.74, 6) is 0.167. The van der Waals surface area contributed by atoms with Gasteiger partial charge < -0.3 is 10.6 Å². The number of carbonyl (C=O) groups is 1. The summed E-state index contributed by atoms with van der Waals surface area (Å²) in [5.41, 5.74) is 5.11. The molecule has 0 aromatic heterocycles. The zero-order valence-corrected chi connectivity index (χ0v) is 11.0. The van der Waals surface area contributed by atoms with Gasteiger partial charge in [-0.05, 0) is 6.42 Å². The maximum absolute atomic E-state index is 12.0. The van der Waals surface area contributed by atoms with E-state index < -0.39 is 0 Å². The molecule has 0 atom stereocenters. The Morgan fingerprint density at radius 3 is 2.20 bits per heavy atom. The predicted molar refractivity (Wildman–Crippen MR) is 67.7 cm³/mol. The van der Waals surface area contributed by atoms with E-state index in [0.29, 0.717) is 18.0 Å². The molecule has 0 spiro atoms. The second kappa shape index (κ2) is 6.05. The summed E-state index contributed by atoms with van der Waals surface area (Å²) in [6, 6.07) is 0. The fourth-order valence-corrected chi connectivity index (χ4v) is 1.40. The van der Waals surface area contributed by atoms with Gasteiger partial charge in [0.15, 0.2) is 0 Å². The first-order chi connectivity index (χ1) is 6.79. The van der Waals surface area contributed by atoms with Gasteiger partial charge in [-0.2, -0.15) is 0 Å². The summed E-state index contributed by atoms with van der Waals surface area (Å²) in [6.45, 7) is 9.26. The molecular weight excluding hydrogens is 208 g/mol. The number of nitrogens with zero attached hydrogens (tertiary/aromatic N) is 1. The molecule has 4 heteroatoms. The average molecular weight is 230 g/mol. The molecule has 3 nitrogen and oxygen atoms in total. The Balaban J connectivity index is 4.38. The highest BCUT2D eigenvalue weighted by Gasteiger charge is 2.26. The highest BCUT2D eigenvalue weighted by Crippen LogP contribution is 2.17. The van der Waals surface area contributed by atoms with Gasteiger partial charge in [-0.1, -0.05) is 39.9 Å². The van der Waals surface area contributed by atoms with E-state index in [0.717, 1.165) is 13.0 Å². The summed E-state index contributed by atoms with van der Waals surface area (Å²) in [6.07, 6.45) is 1.57. The minimum absolute atomic E-state index is 0.167. The number of rotatable bonds is 5. The van der Waals surface area contributed by atoms with Crippen molar-refractivity contribution >= 4 is 23.1 Å². The number of amides is 1. The van der Waals surface area contributed by atoms with Crippen LogP contribution in [0, 0.1) is 5.41 Å². The lowest BCUT2D eigenvalue weighted by Gasteiger charge is -2.29. The monoisotopic (exact) mass is 230 g/mol. The standard InChI is InChI=1S/C11H22N2OS/c1-5-7-13(8-6-9(12)15)10(14)11(2,3)4/h5-8H2,1-4H3,(H2,12,15). The molecule has 88 valence electrons. The molecule has 0 unspecified atom stereocenters. The third-order valence-corrected chi connectivity index (χ3v) is 2.25. The zero-order chi connectivity index (χ0) is 12.1. The van der Waals surface area contributed by atoms with Crippen molar-refractivity contribution in [2.24, 2.45) is 11.1 Å². The summed E-state index contributed by atoms with van der Waals surface area (Å²) >= 11 is 4.82. The topological polar surface area (TPSA) is 46.3 Å². The van der Waals surface area contributed by atoms with Crippen molar-refractivity contribution in [1.82, 2.24) is 4.90 Å². The van der Waals surface area contributed by atoms with Crippen LogP contribution in [0.1, 0.15) is 40.5 Å². The molecule has 0 heterocycles. The Labute approximate surface area is 98.0 Å². The van der Waals surface area contributed by atoms with Gasteiger partial charge in [0.2, 0.25) is 5.91 Å². The van der Waals surface area contributed by atoms with Gasteiger partial charge in [-0.25, -0.2) is 0 Å². The van der Waals surface area contributed by atoms with Gasteiger partial charge >= 0.3 is 0 Å². The maximum Gasteiger partial charge on any atom is 0.227 e. The van der Waals surface area contributed by atoms with Crippen molar-refractivity contribution in [2.75, 3.05) is 13.1 Å². The number of hydrogen-bond acceptors (Lipinski definition) is 2. The van der Waals surface area contributed by atoms with Gasteiger partial charge in [-0.15, -0.1) is 0 Å². The molecule has 0 radical (unpaired) electrons. The zero-order valence-electron chi connectivity index (χ0n) is 10.2. The molecule has 0 aliphatic heterocycles. The molecule has 0 aliphatic carbocycles. The number of carbonyl (C=O) groups excluding carboxylic acids is 1. The summed E-state index contributed by atoms with van der Waals surface area (Å²) in [4.78, 5) is 14.3. The van der Waals surface area contributed by atoms with Crippen molar-refractivity contribution < 1.29 is 4.79 Å². The third-order valence-electron chi connectivity index (χ3n) is 2.05. The Morgan fingerprint density at radius 1 is 1.33 bits per heavy atom. The molecule has 15 heavy (non-hydrogen) atoms. The maximum atomic E-state index is 12.0. The van der Waals surface area contributed by atoms with E-state index in [4.69, 9.17) is 18.0 Å². The van der Waals surface area contributed by atoms with E-state index in [1.807, 2.05) is 25.7 Å². The van der Waals surface area contributed by atoms with E-state index >= 15 is 0 Å².